The summed E-state index contributed by atoms with van der Waals surface area (Å²) in [6.07, 6.45) is -0.178. The molecule has 4 heteroatoms. The number of ether oxygens (including phenoxy) is 1. The van der Waals surface area contributed by atoms with Gasteiger partial charge in [-0.05, 0) is 18.9 Å². The lowest BCUT2D eigenvalue weighted by molar-refractivity contribution is -0.142. The molecule has 1 heterocycles. The third kappa shape index (κ3) is 3.31. The van der Waals surface area contributed by atoms with Crippen LogP contribution in [0.3, 0.4) is 0 Å². The summed E-state index contributed by atoms with van der Waals surface area (Å²) in [5.74, 6) is -0.0394. The Morgan fingerprint density at radius 1 is 1.50 bits per heavy atom. The molecule has 2 rings (SSSR count). The van der Waals surface area contributed by atoms with E-state index in [1.54, 1.807) is 11.8 Å². The molecule has 0 aromatic heterocycles. The molecule has 1 aliphatic rings. The summed E-state index contributed by atoms with van der Waals surface area (Å²) in [5, 5.41) is 9.40. The van der Waals surface area contributed by atoms with Gasteiger partial charge in [-0.1, -0.05) is 30.3 Å². The summed E-state index contributed by atoms with van der Waals surface area (Å²) >= 11 is 0. The van der Waals surface area contributed by atoms with Gasteiger partial charge in [0, 0.05) is 13.1 Å². The van der Waals surface area contributed by atoms with E-state index in [1.165, 1.54) is 0 Å². The third-order valence-electron chi connectivity index (χ3n) is 3.17. The quantitative estimate of drug-likeness (QED) is 0.872. The molecule has 0 saturated carbocycles. The highest BCUT2D eigenvalue weighted by Gasteiger charge is 2.28. The minimum atomic E-state index is -0.462. The van der Waals surface area contributed by atoms with Crippen LogP contribution in [0.4, 0.5) is 0 Å². The molecule has 98 valence electrons. The number of hydrogen-bond donors (Lipinski definition) is 1. The van der Waals surface area contributed by atoms with Crippen molar-refractivity contribution in [2.24, 2.45) is 0 Å². The number of likely N-dealkylation sites (tertiary alicyclic amines) is 1. The molecule has 18 heavy (non-hydrogen) atoms. The molecule has 0 aliphatic carbocycles. The normalized spacial score (nSPS) is 21.0. The standard InChI is InChI=1S/C14H19NO3/c1-11(14(17)15-8-7-13(16)9-15)18-10-12-5-3-2-4-6-12/h2-6,11,13,16H,7-10H2,1H3/t11?,13-/m0/s1. The number of carbonyl (C=O) groups is 1. The number of hydrogen-bond acceptors (Lipinski definition) is 3. The molecule has 2 atom stereocenters. The average Bonchev–Trinajstić information content (AvgIpc) is 2.83. The van der Waals surface area contributed by atoms with E-state index in [0.717, 1.165) is 5.56 Å². The summed E-state index contributed by atoms with van der Waals surface area (Å²) in [7, 11) is 0. The fourth-order valence-corrected chi connectivity index (χ4v) is 2.07. The smallest absolute Gasteiger partial charge is 0.251 e. The van der Waals surface area contributed by atoms with Crippen molar-refractivity contribution in [2.45, 2.75) is 32.2 Å². The highest BCUT2D eigenvalue weighted by Crippen LogP contribution is 2.12. The summed E-state index contributed by atoms with van der Waals surface area (Å²) in [6, 6.07) is 9.78. The number of aliphatic hydroxyl groups excluding tert-OH is 1. The molecule has 1 amide bonds. The van der Waals surface area contributed by atoms with Gasteiger partial charge in [-0.15, -0.1) is 0 Å². The number of carbonyl (C=O) groups excluding carboxylic acids is 1. The van der Waals surface area contributed by atoms with E-state index in [2.05, 4.69) is 0 Å². The van der Waals surface area contributed by atoms with Gasteiger partial charge in [-0.3, -0.25) is 4.79 Å². The van der Waals surface area contributed by atoms with Crippen molar-refractivity contribution >= 4 is 5.91 Å². The fourth-order valence-electron chi connectivity index (χ4n) is 2.07. The summed E-state index contributed by atoms with van der Waals surface area (Å²) < 4.78 is 5.56. The van der Waals surface area contributed by atoms with Gasteiger partial charge in [0.2, 0.25) is 0 Å². The first-order valence-electron chi connectivity index (χ1n) is 6.29. The SMILES string of the molecule is CC(OCc1ccccc1)C(=O)N1CC[C@H](O)C1. The molecule has 0 spiro atoms. The molecular formula is C14H19NO3. The molecular weight excluding hydrogens is 230 g/mol. The second-order valence-electron chi connectivity index (χ2n) is 4.67. The Labute approximate surface area is 107 Å². The molecule has 1 aliphatic heterocycles. The topological polar surface area (TPSA) is 49.8 Å². The van der Waals surface area contributed by atoms with Crippen LogP contribution >= 0.6 is 0 Å². The molecule has 1 unspecified atom stereocenters. The largest absolute Gasteiger partial charge is 0.391 e. The van der Waals surface area contributed by atoms with Gasteiger partial charge in [-0.25, -0.2) is 0 Å². The summed E-state index contributed by atoms with van der Waals surface area (Å²) in [6.45, 7) is 3.25. The van der Waals surface area contributed by atoms with Crippen LogP contribution in [0.15, 0.2) is 30.3 Å². The molecule has 1 saturated heterocycles. The minimum absolute atomic E-state index is 0.0394. The van der Waals surface area contributed by atoms with Crippen LogP contribution in [0.2, 0.25) is 0 Å². The van der Waals surface area contributed by atoms with E-state index in [9.17, 15) is 9.90 Å². The molecule has 0 radical (unpaired) electrons. The number of amides is 1. The minimum Gasteiger partial charge on any atom is -0.391 e. The molecule has 1 N–H and O–H groups in total. The molecule has 0 bridgehead atoms. The van der Waals surface area contributed by atoms with Crippen LogP contribution in [-0.2, 0) is 16.1 Å². The van der Waals surface area contributed by atoms with Gasteiger partial charge in [0.15, 0.2) is 0 Å². The summed E-state index contributed by atoms with van der Waals surface area (Å²) in [5.41, 5.74) is 1.05. The maximum Gasteiger partial charge on any atom is 0.251 e. The van der Waals surface area contributed by atoms with Crippen LogP contribution in [0, 0.1) is 0 Å². The van der Waals surface area contributed by atoms with E-state index in [-0.39, 0.29) is 12.0 Å². The van der Waals surface area contributed by atoms with Gasteiger partial charge in [0.1, 0.15) is 6.10 Å². The van der Waals surface area contributed by atoms with Crippen molar-refractivity contribution in [2.75, 3.05) is 13.1 Å². The van der Waals surface area contributed by atoms with Gasteiger partial charge >= 0.3 is 0 Å². The van der Waals surface area contributed by atoms with Crippen LogP contribution in [0.5, 0.6) is 0 Å². The van der Waals surface area contributed by atoms with Gasteiger partial charge in [0.25, 0.3) is 5.91 Å². The Kier molecular flexibility index (Phi) is 4.33. The van der Waals surface area contributed by atoms with Gasteiger partial charge in [0.05, 0.1) is 12.7 Å². The number of nitrogens with zero attached hydrogens (tertiary/aromatic N) is 1. The van der Waals surface area contributed by atoms with Crippen molar-refractivity contribution < 1.29 is 14.6 Å². The highest BCUT2D eigenvalue weighted by atomic mass is 16.5. The maximum atomic E-state index is 12.0. The van der Waals surface area contributed by atoms with Crippen LogP contribution in [0.1, 0.15) is 18.9 Å². The lowest BCUT2D eigenvalue weighted by atomic mass is 10.2. The zero-order chi connectivity index (χ0) is 13.0. The first-order chi connectivity index (χ1) is 8.66. The Morgan fingerprint density at radius 2 is 2.22 bits per heavy atom. The number of β-amino-alcohol motifs (C(OH)–C–C–N with tert-alkyl or cyclic N) is 1. The van der Waals surface area contributed by atoms with E-state index < -0.39 is 6.10 Å². The monoisotopic (exact) mass is 249 g/mol. The van der Waals surface area contributed by atoms with E-state index >= 15 is 0 Å². The van der Waals surface area contributed by atoms with Gasteiger partial charge < -0.3 is 14.7 Å². The second-order valence-corrected chi connectivity index (χ2v) is 4.67. The van der Waals surface area contributed by atoms with Crippen LogP contribution in [0.25, 0.3) is 0 Å². The van der Waals surface area contributed by atoms with E-state index in [4.69, 9.17) is 4.74 Å². The number of benzene rings is 1. The third-order valence-corrected chi connectivity index (χ3v) is 3.17. The Balaban J connectivity index is 1.81. The highest BCUT2D eigenvalue weighted by molar-refractivity contribution is 5.80. The fraction of sp³-hybridized carbons (Fsp3) is 0.500. The molecule has 1 aromatic carbocycles. The van der Waals surface area contributed by atoms with Crippen molar-refractivity contribution in [3.63, 3.8) is 0 Å². The van der Waals surface area contributed by atoms with Crippen molar-refractivity contribution in [1.82, 2.24) is 4.90 Å². The first kappa shape index (κ1) is 13.1. The predicted octanol–water partition coefficient (Wildman–Crippen LogP) is 1.18. The molecule has 1 fully saturated rings. The second kappa shape index (κ2) is 5.98. The maximum absolute atomic E-state index is 12.0. The van der Waals surface area contributed by atoms with Crippen molar-refractivity contribution in [3.8, 4) is 0 Å². The average molecular weight is 249 g/mol. The Morgan fingerprint density at radius 3 is 2.83 bits per heavy atom. The van der Waals surface area contributed by atoms with E-state index in [0.29, 0.717) is 26.1 Å². The Hall–Kier alpha value is -1.39. The zero-order valence-corrected chi connectivity index (χ0v) is 10.6. The Bertz CT molecular complexity index is 393. The molecule has 4 nitrogen and oxygen atoms in total. The first-order valence-corrected chi connectivity index (χ1v) is 6.29. The lowest BCUT2D eigenvalue weighted by Gasteiger charge is -2.20. The van der Waals surface area contributed by atoms with Crippen LogP contribution < -0.4 is 0 Å². The summed E-state index contributed by atoms with van der Waals surface area (Å²) in [4.78, 5) is 13.7. The van der Waals surface area contributed by atoms with Crippen molar-refractivity contribution in [1.29, 1.82) is 0 Å². The van der Waals surface area contributed by atoms with Crippen molar-refractivity contribution in [3.05, 3.63) is 35.9 Å². The number of rotatable bonds is 4. The predicted molar refractivity (Wildman–Crippen MR) is 67.9 cm³/mol. The zero-order valence-electron chi connectivity index (χ0n) is 10.6. The lowest BCUT2D eigenvalue weighted by Crippen LogP contribution is -2.38. The van der Waals surface area contributed by atoms with Gasteiger partial charge in [-0.2, -0.15) is 0 Å². The van der Waals surface area contributed by atoms with Crippen LogP contribution in [-0.4, -0.2) is 41.2 Å². The number of aliphatic hydroxyl groups is 1. The van der Waals surface area contributed by atoms with E-state index in [1.807, 2.05) is 30.3 Å². The molecule has 1 aromatic rings.